The first-order valence-corrected chi connectivity index (χ1v) is 7.68. The largest absolute Gasteiger partial charge is 0.508 e. The van der Waals surface area contributed by atoms with E-state index in [4.69, 9.17) is 10.5 Å². The summed E-state index contributed by atoms with van der Waals surface area (Å²) < 4.78 is 5.63. The number of carbonyl (C=O) groups excluding carboxylic acids is 1. The van der Waals surface area contributed by atoms with E-state index < -0.39 is 12.0 Å². The molecule has 0 spiro atoms. The number of hydrogen-bond donors (Lipinski definition) is 4. The van der Waals surface area contributed by atoms with Crippen molar-refractivity contribution in [3.63, 3.8) is 0 Å². The summed E-state index contributed by atoms with van der Waals surface area (Å²) >= 11 is 0. The van der Waals surface area contributed by atoms with Crippen LogP contribution in [0.2, 0.25) is 0 Å². The van der Waals surface area contributed by atoms with Crippen LogP contribution in [0.1, 0.15) is 28.9 Å². The molecule has 0 aliphatic rings. The Morgan fingerprint density at radius 2 is 1.79 bits per heavy atom. The molecule has 0 radical (unpaired) electrons. The summed E-state index contributed by atoms with van der Waals surface area (Å²) in [5, 5.41) is 22.5. The third kappa shape index (κ3) is 5.26. The van der Waals surface area contributed by atoms with E-state index in [1.807, 2.05) is 6.92 Å². The maximum Gasteiger partial charge on any atom is 0.248 e. The molecule has 0 fully saturated rings. The molecule has 0 aliphatic carbocycles. The second-order valence-electron chi connectivity index (χ2n) is 5.62. The molecule has 2 aromatic carbocycles. The van der Waals surface area contributed by atoms with Gasteiger partial charge < -0.3 is 26.0 Å². The van der Waals surface area contributed by atoms with Crippen LogP contribution in [0.3, 0.4) is 0 Å². The number of nitrogens with one attached hydrogen (secondary N) is 1. The quantitative estimate of drug-likeness (QED) is 0.588. The van der Waals surface area contributed by atoms with E-state index in [1.165, 1.54) is 0 Å². The highest BCUT2D eigenvalue weighted by Gasteiger charge is 2.10. The number of benzene rings is 2. The molecule has 0 bridgehead atoms. The summed E-state index contributed by atoms with van der Waals surface area (Å²) in [7, 11) is 0. The average Bonchev–Trinajstić information content (AvgIpc) is 2.58. The first kappa shape index (κ1) is 17.8. The Kier molecular flexibility index (Phi) is 6.17. The molecule has 5 N–H and O–H groups in total. The average molecular weight is 330 g/mol. The van der Waals surface area contributed by atoms with E-state index in [0.717, 1.165) is 5.56 Å². The van der Waals surface area contributed by atoms with Crippen molar-refractivity contribution in [3.8, 4) is 11.5 Å². The lowest BCUT2D eigenvalue weighted by Crippen LogP contribution is -2.34. The van der Waals surface area contributed by atoms with Crippen LogP contribution in [0.4, 0.5) is 0 Å². The van der Waals surface area contributed by atoms with Gasteiger partial charge in [0.15, 0.2) is 0 Å². The first-order chi connectivity index (χ1) is 11.5. The van der Waals surface area contributed by atoms with Crippen LogP contribution >= 0.6 is 0 Å². The normalized spacial score (nSPS) is 13.2. The van der Waals surface area contributed by atoms with Gasteiger partial charge >= 0.3 is 0 Å². The molecule has 6 heteroatoms. The van der Waals surface area contributed by atoms with Gasteiger partial charge in [0.1, 0.15) is 18.1 Å². The third-order valence-electron chi connectivity index (χ3n) is 3.58. The van der Waals surface area contributed by atoms with Gasteiger partial charge in [0.2, 0.25) is 5.91 Å². The Hall–Kier alpha value is -2.57. The smallest absolute Gasteiger partial charge is 0.248 e. The zero-order chi connectivity index (χ0) is 17.5. The van der Waals surface area contributed by atoms with E-state index in [2.05, 4.69) is 5.32 Å². The predicted octanol–water partition coefficient (Wildman–Crippen LogP) is 1.58. The zero-order valence-corrected chi connectivity index (χ0v) is 13.5. The van der Waals surface area contributed by atoms with Gasteiger partial charge in [-0.3, -0.25) is 4.79 Å². The van der Waals surface area contributed by atoms with Crippen LogP contribution in [0.5, 0.6) is 11.5 Å². The lowest BCUT2D eigenvalue weighted by molar-refractivity contribution is 0.1000. The van der Waals surface area contributed by atoms with Crippen LogP contribution in [0.15, 0.2) is 48.5 Å². The molecule has 1 amide bonds. The van der Waals surface area contributed by atoms with E-state index in [0.29, 0.717) is 24.5 Å². The van der Waals surface area contributed by atoms with E-state index in [1.54, 1.807) is 48.5 Å². The van der Waals surface area contributed by atoms with Gasteiger partial charge in [-0.1, -0.05) is 12.1 Å². The molecule has 0 saturated heterocycles. The Morgan fingerprint density at radius 3 is 2.38 bits per heavy atom. The summed E-state index contributed by atoms with van der Waals surface area (Å²) in [5.74, 6) is 0.343. The molecule has 0 aliphatic heterocycles. The standard InChI is InChI=1S/C18H22N2O4/c1-12(11-24-16-8-4-14(5-9-16)18(19)23)20-10-17(22)13-2-6-15(21)7-3-13/h2-9,12,17,20-22H,10-11H2,1H3,(H2,19,23). The molecule has 2 unspecified atom stereocenters. The zero-order valence-electron chi connectivity index (χ0n) is 13.5. The Labute approximate surface area is 140 Å². The lowest BCUT2D eigenvalue weighted by Gasteiger charge is -2.18. The van der Waals surface area contributed by atoms with Crippen molar-refractivity contribution in [2.75, 3.05) is 13.2 Å². The molecule has 6 nitrogen and oxygen atoms in total. The van der Waals surface area contributed by atoms with Crippen molar-refractivity contribution < 1.29 is 19.7 Å². The number of aliphatic hydroxyl groups excluding tert-OH is 1. The fourth-order valence-electron chi connectivity index (χ4n) is 2.12. The number of hydrogen-bond acceptors (Lipinski definition) is 5. The van der Waals surface area contributed by atoms with Crippen molar-refractivity contribution in [2.45, 2.75) is 19.1 Å². The molecular weight excluding hydrogens is 308 g/mol. The maximum atomic E-state index is 11.0. The third-order valence-corrected chi connectivity index (χ3v) is 3.58. The number of phenolic OH excluding ortho intramolecular Hbond substituents is 1. The van der Waals surface area contributed by atoms with Gasteiger partial charge in [-0.15, -0.1) is 0 Å². The Bertz CT molecular complexity index is 656. The fourth-order valence-corrected chi connectivity index (χ4v) is 2.12. The highest BCUT2D eigenvalue weighted by Crippen LogP contribution is 2.16. The molecule has 2 atom stereocenters. The SMILES string of the molecule is CC(COc1ccc(C(N)=O)cc1)NCC(O)c1ccc(O)cc1. The molecule has 2 aromatic rings. The van der Waals surface area contributed by atoms with Crippen molar-refractivity contribution in [2.24, 2.45) is 5.73 Å². The number of amides is 1. The monoisotopic (exact) mass is 330 g/mol. The van der Waals surface area contributed by atoms with Crippen LogP contribution in [-0.4, -0.2) is 35.3 Å². The highest BCUT2D eigenvalue weighted by atomic mass is 16.5. The van der Waals surface area contributed by atoms with Crippen molar-refractivity contribution >= 4 is 5.91 Å². The number of carbonyl (C=O) groups is 1. The summed E-state index contributed by atoms with van der Waals surface area (Å²) in [6, 6.07) is 13.1. The van der Waals surface area contributed by atoms with E-state index >= 15 is 0 Å². The number of aromatic hydroxyl groups is 1. The predicted molar refractivity (Wildman–Crippen MR) is 91.0 cm³/mol. The summed E-state index contributed by atoms with van der Waals surface area (Å²) in [6.45, 7) is 2.73. The van der Waals surface area contributed by atoms with E-state index in [-0.39, 0.29) is 11.8 Å². The molecule has 0 aromatic heterocycles. The second kappa shape index (κ2) is 8.33. The fraction of sp³-hybridized carbons (Fsp3) is 0.278. The summed E-state index contributed by atoms with van der Waals surface area (Å²) in [4.78, 5) is 11.0. The minimum atomic E-state index is -0.664. The lowest BCUT2D eigenvalue weighted by atomic mass is 10.1. The minimum Gasteiger partial charge on any atom is -0.508 e. The Morgan fingerprint density at radius 1 is 1.17 bits per heavy atom. The highest BCUT2D eigenvalue weighted by molar-refractivity contribution is 5.92. The summed E-state index contributed by atoms with van der Waals surface area (Å²) in [6.07, 6.45) is -0.664. The first-order valence-electron chi connectivity index (χ1n) is 7.68. The van der Waals surface area contributed by atoms with Crippen LogP contribution in [-0.2, 0) is 0 Å². The van der Waals surface area contributed by atoms with Crippen LogP contribution < -0.4 is 15.8 Å². The minimum absolute atomic E-state index is 0.0209. The number of rotatable bonds is 8. The van der Waals surface area contributed by atoms with E-state index in [9.17, 15) is 15.0 Å². The Balaban J connectivity index is 1.75. The van der Waals surface area contributed by atoms with Crippen molar-refractivity contribution in [1.82, 2.24) is 5.32 Å². The van der Waals surface area contributed by atoms with Gasteiger partial charge in [-0.25, -0.2) is 0 Å². The van der Waals surface area contributed by atoms with Gasteiger partial charge in [-0.2, -0.15) is 0 Å². The number of phenols is 1. The maximum absolute atomic E-state index is 11.0. The molecular formula is C18H22N2O4. The number of aliphatic hydroxyl groups is 1. The number of nitrogens with two attached hydrogens (primary N) is 1. The van der Waals surface area contributed by atoms with Crippen molar-refractivity contribution in [1.29, 1.82) is 0 Å². The molecule has 24 heavy (non-hydrogen) atoms. The number of ether oxygens (including phenoxy) is 1. The molecule has 0 saturated carbocycles. The molecule has 0 heterocycles. The second-order valence-corrected chi connectivity index (χ2v) is 5.62. The van der Waals surface area contributed by atoms with Crippen molar-refractivity contribution in [3.05, 3.63) is 59.7 Å². The van der Waals surface area contributed by atoms with Gasteiger partial charge in [0.05, 0.1) is 6.10 Å². The summed E-state index contributed by atoms with van der Waals surface area (Å²) in [5.41, 5.74) is 6.35. The van der Waals surface area contributed by atoms with Gasteiger partial charge in [-0.05, 0) is 48.9 Å². The topological polar surface area (TPSA) is 105 Å². The van der Waals surface area contributed by atoms with Crippen LogP contribution in [0.25, 0.3) is 0 Å². The van der Waals surface area contributed by atoms with Gasteiger partial charge in [0.25, 0.3) is 0 Å². The number of primary amides is 1. The van der Waals surface area contributed by atoms with Gasteiger partial charge in [0, 0.05) is 18.2 Å². The molecule has 2 rings (SSSR count). The molecule has 128 valence electrons. The van der Waals surface area contributed by atoms with Crippen LogP contribution in [0, 0.1) is 0 Å².